The fourth-order valence-electron chi connectivity index (χ4n) is 5.84. The molecule has 0 radical (unpaired) electrons. The number of amides is 2. The molecule has 3 aliphatic heterocycles. The molecule has 23 heteroatoms. The van der Waals surface area contributed by atoms with Gasteiger partial charge in [0.15, 0.2) is 18.9 Å². The summed E-state index contributed by atoms with van der Waals surface area (Å²) in [4.78, 5) is 23.7. The maximum Gasteiger partial charge on any atom is 0.217 e. The third-order valence-corrected chi connectivity index (χ3v) is 8.65. The Bertz CT molecular complexity index is 1090. The first-order chi connectivity index (χ1) is 24.0. The lowest BCUT2D eigenvalue weighted by atomic mass is 9.95. The maximum absolute atomic E-state index is 12.2. The number of aliphatic hydroxyl groups is 13. The first-order valence-corrected chi connectivity index (χ1v) is 16.0. The molecule has 298 valence electrons. The summed E-state index contributed by atoms with van der Waals surface area (Å²) in [5.41, 5.74) is 0. The van der Waals surface area contributed by atoms with Crippen molar-refractivity contribution in [2.45, 2.75) is 130 Å². The zero-order valence-corrected chi connectivity index (χ0v) is 27.6. The van der Waals surface area contributed by atoms with Gasteiger partial charge in [0.25, 0.3) is 0 Å². The molecule has 0 aliphatic carbocycles. The summed E-state index contributed by atoms with van der Waals surface area (Å²) in [6.07, 6.45) is -30.4. The number of hydrogen-bond donors (Lipinski definition) is 15. The van der Waals surface area contributed by atoms with Crippen LogP contribution < -0.4 is 10.6 Å². The van der Waals surface area contributed by atoms with Crippen LogP contribution in [0, 0.1) is 0 Å². The summed E-state index contributed by atoms with van der Waals surface area (Å²) in [6, 6.07) is -3.08. The van der Waals surface area contributed by atoms with Gasteiger partial charge in [0.2, 0.25) is 11.8 Å². The van der Waals surface area contributed by atoms with Crippen molar-refractivity contribution in [2.24, 2.45) is 0 Å². The standard InChI is InChI=1S/C28H50N2O21/c1-8(35)29-10(3-31)16(38)24(11(37)4-32)50-26-15(30-9(2)36)19(41)25(13(6-34)48-26)51-28-23(45)21(43)18(40)14(49-28)7-46-27-22(44)20(42)17(39)12(5-33)47-27/h10-28,31-34,37-45H,3-7H2,1-2H3,(H,29,35)(H,30,36)/t10-,11+,12+,13+,14+,15+,16+,17+,18+,19+,20-,21-,22-,23-,24+,25+,26?,27?,28?/m0/s1. The number of hydrogen-bond acceptors (Lipinski definition) is 21. The number of rotatable bonds is 16. The maximum atomic E-state index is 12.2. The van der Waals surface area contributed by atoms with Crippen molar-refractivity contribution < 1.29 is 104 Å². The van der Waals surface area contributed by atoms with Crippen LogP contribution in [0.25, 0.3) is 0 Å². The molecule has 3 aliphatic rings. The second-order valence-electron chi connectivity index (χ2n) is 12.4. The second-order valence-corrected chi connectivity index (χ2v) is 12.4. The predicted octanol–water partition coefficient (Wildman–Crippen LogP) is -9.83. The lowest BCUT2D eigenvalue weighted by molar-refractivity contribution is -0.361. The Kier molecular flexibility index (Phi) is 16.7. The number of aliphatic hydroxyl groups excluding tert-OH is 13. The van der Waals surface area contributed by atoms with Gasteiger partial charge in [0, 0.05) is 13.8 Å². The largest absolute Gasteiger partial charge is 0.394 e. The van der Waals surface area contributed by atoms with E-state index < -0.39 is 161 Å². The lowest BCUT2D eigenvalue weighted by Crippen LogP contribution is -2.68. The van der Waals surface area contributed by atoms with Crippen LogP contribution in [0.5, 0.6) is 0 Å². The van der Waals surface area contributed by atoms with Gasteiger partial charge >= 0.3 is 0 Å². The molecule has 3 saturated heterocycles. The van der Waals surface area contributed by atoms with Crippen LogP contribution in [0.15, 0.2) is 0 Å². The Labute approximate surface area is 290 Å². The average Bonchev–Trinajstić information content (AvgIpc) is 3.10. The second kappa shape index (κ2) is 19.5. The van der Waals surface area contributed by atoms with Crippen LogP contribution in [-0.4, -0.2) is 228 Å². The predicted molar refractivity (Wildman–Crippen MR) is 159 cm³/mol. The number of nitrogens with one attached hydrogen (secondary N) is 2. The summed E-state index contributed by atoms with van der Waals surface area (Å²) < 4.78 is 33.3. The first kappa shape index (κ1) is 43.6. The van der Waals surface area contributed by atoms with Gasteiger partial charge < -0.3 is 105 Å². The van der Waals surface area contributed by atoms with Crippen LogP contribution in [-0.2, 0) is 38.0 Å². The molecule has 0 saturated carbocycles. The van der Waals surface area contributed by atoms with E-state index in [1.54, 1.807) is 0 Å². The van der Waals surface area contributed by atoms with Gasteiger partial charge in [-0.1, -0.05) is 0 Å². The summed E-state index contributed by atoms with van der Waals surface area (Å²) in [5, 5.41) is 138. The topological polar surface area (TPSA) is 377 Å². The van der Waals surface area contributed by atoms with Crippen LogP contribution in [0.4, 0.5) is 0 Å². The molecule has 0 aromatic carbocycles. The Balaban J connectivity index is 1.81. The Morgan fingerprint density at radius 3 is 1.75 bits per heavy atom. The van der Waals surface area contributed by atoms with Crippen molar-refractivity contribution in [3.8, 4) is 0 Å². The molecule has 15 N–H and O–H groups in total. The van der Waals surface area contributed by atoms with E-state index >= 15 is 0 Å². The van der Waals surface area contributed by atoms with Gasteiger partial charge in [0.1, 0.15) is 91.5 Å². The van der Waals surface area contributed by atoms with Crippen LogP contribution in [0.2, 0.25) is 0 Å². The zero-order valence-electron chi connectivity index (χ0n) is 27.6. The molecule has 3 rings (SSSR count). The Morgan fingerprint density at radius 1 is 0.667 bits per heavy atom. The number of carbonyl (C=O) groups is 2. The molecule has 0 aromatic rings. The number of ether oxygens (including phenoxy) is 6. The molecule has 19 atom stereocenters. The van der Waals surface area contributed by atoms with E-state index in [1.807, 2.05) is 0 Å². The molecule has 0 bridgehead atoms. The van der Waals surface area contributed by atoms with E-state index in [-0.39, 0.29) is 0 Å². The smallest absolute Gasteiger partial charge is 0.217 e. The quantitative estimate of drug-likeness (QED) is 0.0696. The normalized spacial score (nSPS) is 41.3. The lowest BCUT2D eigenvalue weighted by Gasteiger charge is -2.48. The molecule has 23 nitrogen and oxygen atoms in total. The van der Waals surface area contributed by atoms with Gasteiger partial charge in [-0.15, -0.1) is 0 Å². The van der Waals surface area contributed by atoms with Crippen molar-refractivity contribution in [2.75, 3.05) is 33.0 Å². The van der Waals surface area contributed by atoms with Crippen LogP contribution in [0.1, 0.15) is 13.8 Å². The SMILES string of the molecule is CC(=O)N[C@@H](CO)[C@@H](O)[C@H](OC1O[C@H](CO)[C@@H](OC2O[C@H](COC3O[C@H](CO)[C@@H](O)[C@H](O)[C@@H]3O)[C@@H](O)[C@H](O)[C@@H]2O)[C@H](O)[C@H]1NC(C)=O)[C@H](O)CO. The van der Waals surface area contributed by atoms with Crippen molar-refractivity contribution in [3.63, 3.8) is 0 Å². The highest BCUT2D eigenvalue weighted by molar-refractivity contribution is 5.73. The van der Waals surface area contributed by atoms with E-state index in [0.717, 1.165) is 13.8 Å². The summed E-state index contributed by atoms with van der Waals surface area (Å²) in [6.45, 7) is -2.17. The molecule has 0 spiro atoms. The summed E-state index contributed by atoms with van der Waals surface area (Å²) >= 11 is 0. The molecule has 3 unspecified atom stereocenters. The summed E-state index contributed by atoms with van der Waals surface area (Å²) in [7, 11) is 0. The molecular weight excluding hydrogens is 700 g/mol. The van der Waals surface area contributed by atoms with Gasteiger partial charge in [-0.3, -0.25) is 9.59 Å². The highest BCUT2D eigenvalue weighted by Gasteiger charge is 2.53. The van der Waals surface area contributed by atoms with Crippen LogP contribution >= 0.6 is 0 Å². The van der Waals surface area contributed by atoms with E-state index in [0.29, 0.717) is 0 Å². The van der Waals surface area contributed by atoms with Crippen molar-refractivity contribution >= 4 is 11.8 Å². The minimum absolute atomic E-state index is 0.682. The fraction of sp³-hybridized carbons (Fsp3) is 0.929. The van der Waals surface area contributed by atoms with Crippen molar-refractivity contribution in [1.29, 1.82) is 0 Å². The van der Waals surface area contributed by atoms with E-state index in [9.17, 15) is 76.0 Å². The minimum Gasteiger partial charge on any atom is -0.394 e. The molecule has 0 aromatic heterocycles. The highest BCUT2D eigenvalue weighted by Crippen LogP contribution is 2.32. The van der Waals surface area contributed by atoms with E-state index in [1.165, 1.54) is 0 Å². The van der Waals surface area contributed by atoms with Crippen molar-refractivity contribution in [3.05, 3.63) is 0 Å². The molecule has 3 heterocycles. The van der Waals surface area contributed by atoms with Gasteiger partial charge in [-0.25, -0.2) is 0 Å². The first-order valence-electron chi connectivity index (χ1n) is 16.0. The molecule has 51 heavy (non-hydrogen) atoms. The summed E-state index contributed by atoms with van der Waals surface area (Å²) in [5.74, 6) is -1.46. The monoisotopic (exact) mass is 750 g/mol. The van der Waals surface area contributed by atoms with E-state index in [4.69, 9.17) is 28.4 Å². The highest BCUT2D eigenvalue weighted by atomic mass is 16.8. The van der Waals surface area contributed by atoms with Crippen molar-refractivity contribution in [1.82, 2.24) is 10.6 Å². The minimum atomic E-state index is -2.02. The van der Waals surface area contributed by atoms with Gasteiger partial charge in [-0.05, 0) is 0 Å². The third-order valence-electron chi connectivity index (χ3n) is 8.65. The average molecular weight is 751 g/mol. The van der Waals surface area contributed by atoms with Crippen LogP contribution in [0.3, 0.4) is 0 Å². The van der Waals surface area contributed by atoms with E-state index in [2.05, 4.69) is 10.6 Å². The molecule has 2 amide bonds. The molecule has 3 fully saturated rings. The third kappa shape index (κ3) is 10.4. The number of carbonyl (C=O) groups excluding carboxylic acids is 2. The van der Waals surface area contributed by atoms with Gasteiger partial charge in [-0.2, -0.15) is 0 Å². The van der Waals surface area contributed by atoms with Gasteiger partial charge in [0.05, 0.1) is 39.1 Å². The molecular formula is C28H50N2O21. The fourth-order valence-corrected chi connectivity index (χ4v) is 5.84. The Morgan fingerprint density at radius 2 is 1.22 bits per heavy atom. The zero-order chi connectivity index (χ0) is 38.3. The Hall–Kier alpha value is -1.82.